The molecule has 0 aliphatic carbocycles. The molecular formula is C13H20ClN3S. The van der Waals surface area contributed by atoms with E-state index in [2.05, 4.69) is 35.8 Å². The number of hydrogen-bond donors (Lipinski definition) is 0. The quantitative estimate of drug-likeness (QED) is 0.780. The molecular weight excluding hydrogens is 266 g/mol. The molecule has 0 bridgehead atoms. The van der Waals surface area contributed by atoms with Crippen molar-refractivity contribution in [1.29, 1.82) is 0 Å². The van der Waals surface area contributed by atoms with Gasteiger partial charge in [-0.05, 0) is 19.9 Å². The van der Waals surface area contributed by atoms with Crippen LogP contribution in [0.2, 0.25) is 5.15 Å². The third kappa shape index (κ3) is 2.81. The zero-order valence-electron chi connectivity index (χ0n) is 11.4. The average Bonchev–Trinajstić information content (AvgIpc) is 2.27. The average molecular weight is 286 g/mol. The molecule has 1 aliphatic heterocycles. The topological polar surface area (TPSA) is 29.0 Å². The molecule has 0 saturated carbocycles. The molecule has 2 rings (SSSR count). The monoisotopic (exact) mass is 285 g/mol. The summed E-state index contributed by atoms with van der Waals surface area (Å²) in [5.41, 5.74) is 2.09. The van der Waals surface area contributed by atoms with Crippen LogP contribution in [-0.4, -0.2) is 40.0 Å². The van der Waals surface area contributed by atoms with Crippen LogP contribution in [0.4, 0.5) is 0 Å². The Morgan fingerprint density at radius 2 is 2.11 bits per heavy atom. The summed E-state index contributed by atoms with van der Waals surface area (Å²) in [7, 11) is 2.13. The zero-order chi connectivity index (χ0) is 13.3. The van der Waals surface area contributed by atoms with E-state index >= 15 is 0 Å². The van der Waals surface area contributed by atoms with Crippen LogP contribution in [0.15, 0.2) is 0 Å². The van der Waals surface area contributed by atoms with Gasteiger partial charge in [0.05, 0.1) is 6.04 Å². The van der Waals surface area contributed by atoms with E-state index in [1.54, 1.807) is 0 Å². The first-order valence-electron chi connectivity index (χ1n) is 6.32. The fraction of sp³-hybridized carbons (Fsp3) is 0.692. The molecule has 1 aromatic rings. The van der Waals surface area contributed by atoms with Gasteiger partial charge >= 0.3 is 0 Å². The van der Waals surface area contributed by atoms with Gasteiger partial charge in [0.1, 0.15) is 11.0 Å². The number of hydrogen-bond acceptors (Lipinski definition) is 4. The first kappa shape index (κ1) is 14.1. The van der Waals surface area contributed by atoms with Crippen molar-refractivity contribution in [3.8, 4) is 0 Å². The summed E-state index contributed by atoms with van der Waals surface area (Å²) in [5, 5.41) is 0.622. The Labute approximate surface area is 118 Å². The summed E-state index contributed by atoms with van der Waals surface area (Å²) in [6, 6.07) is 0.293. The van der Waals surface area contributed by atoms with Gasteiger partial charge in [0.2, 0.25) is 0 Å². The third-order valence-electron chi connectivity index (χ3n) is 3.38. The summed E-state index contributed by atoms with van der Waals surface area (Å²) < 4.78 is 0. The van der Waals surface area contributed by atoms with Gasteiger partial charge in [-0.1, -0.05) is 25.4 Å². The van der Waals surface area contributed by atoms with Gasteiger partial charge in [-0.3, -0.25) is 4.90 Å². The number of halogens is 1. The minimum absolute atomic E-state index is 0.293. The van der Waals surface area contributed by atoms with E-state index in [9.17, 15) is 0 Å². The highest BCUT2D eigenvalue weighted by atomic mass is 35.5. The highest BCUT2D eigenvalue weighted by molar-refractivity contribution is 7.99. The van der Waals surface area contributed by atoms with Crippen molar-refractivity contribution in [1.82, 2.24) is 14.9 Å². The van der Waals surface area contributed by atoms with E-state index in [4.69, 9.17) is 11.6 Å². The Hall–Kier alpha value is -0.320. The van der Waals surface area contributed by atoms with Crippen LogP contribution in [0, 0.1) is 6.92 Å². The largest absolute Gasteiger partial charge is 0.295 e. The lowest BCUT2D eigenvalue weighted by Gasteiger charge is -2.31. The van der Waals surface area contributed by atoms with Gasteiger partial charge in [0.25, 0.3) is 0 Å². The van der Waals surface area contributed by atoms with Crippen molar-refractivity contribution < 1.29 is 0 Å². The van der Waals surface area contributed by atoms with Crippen LogP contribution < -0.4 is 0 Å². The first-order chi connectivity index (χ1) is 8.50. The standard InChI is InChI=1S/C13H20ClN3S/c1-8(2)11-9(3)15-13(16-12(11)14)10-7-18-6-5-17(10)4/h8,10H,5-7H2,1-4H3. The molecule has 1 aromatic heterocycles. The molecule has 1 unspecified atom stereocenters. The fourth-order valence-corrected chi connectivity index (χ4v) is 3.98. The zero-order valence-corrected chi connectivity index (χ0v) is 13.0. The van der Waals surface area contributed by atoms with Gasteiger partial charge in [-0.2, -0.15) is 11.8 Å². The molecule has 0 aromatic carbocycles. The summed E-state index contributed by atoms with van der Waals surface area (Å²) in [5.74, 6) is 3.47. The van der Waals surface area contributed by atoms with Gasteiger partial charge in [-0.25, -0.2) is 9.97 Å². The van der Waals surface area contributed by atoms with E-state index in [1.807, 2.05) is 18.7 Å². The molecule has 2 heterocycles. The van der Waals surface area contributed by atoms with Crippen molar-refractivity contribution in [3.05, 3.63) is 22.2 Å². The molecule has 5 heteroatoms. The highest BCUT2D eigenvalue weighted by Crippen LogP contribution is 2.30. The Morgan fingerprint density at radius 3 is 2.67 bits per heavy atom. The second kappa shape index (κ2) is 5.76. The van der Waals surface area contributed by atoms with Crippen LogP contribution in [0.5, 0.6) is 0 Å². The lowest BCUT2D eigenvalue weighted by molar-refractivity contribution is 0.264. The minimum Gasteiger partial charge on any atom is -0.295 e. The van der Waals surface area contributed by atoms with Gasteiger partial charge in [0, 0.05) is 29.3 Å². The maximum Gasteiger partial charge on any atom is 0.148 e. The van der Waals surface area contributed by atoms with E-state index in [0.717, 1.165) is 29.4 Å². The second-order valence-corrected chi connectivity index (χ2v) is 6.61. The molecule has 1 atom stereocenters. The van der Waals surface area contributed by atoms with Gasteiger partial charge in [0.15, 0.2) is 0 Å². The maximum absolute atomic E-state index is 6.32. The summed E-state index contributed by atoms with van der Waals surface area (Å²) >= 11 is 8.28. The number of aryl methyl sites for hydroxylation is 1. The van der Waals surface area contributed by atoms with Crippen LogP contribution >= 0.6 is 23.4 Å². The Morgan fingerprint density at radius 1 is 1.39 bits per heavy atom. The third-order valence-corrected chi connectivity index (χ3v) is 4.69. The molecule has 1 fully saturated rings. The summed E-state index contributed by atoms with van der Waals surface area (Å²) in [6.45, 7) is 7.36. The summed E-state index contributed by atoms with van der Waals surface area (Å²) in [4.78, 5) is 11.5. The molecule has 1 saturated heterocycles. The Kier molecular flexibility index (Phi) is 4.51. The molecule has 0 amide bonds. The Bertz CT molecular complexity index is 413. The van der Waals surface area contributed by atoms with Crippen molar-refractivity contribution >= 4 is 23.4 Å². The van der Waals surface area contributed by atoms with Crippen LogP contribution in [0.25, 0.3) is 0 Å². The van der Waals surface area contributed by atoms with Crippen LogP contribution in [0.1, 0.15) is 42.9 Å². The lowest BCUT2D eigenvalue weighted by Crippen LogP contribution is -2.34. The molecule has 100 valence electrons. The SMILES string of the molecule is Cc1nc(C2CSCCN2C)nc(Cl)c1C(C)C. The summed E-state index contributed by atoms with van der Waals surface area (Å²) in [6.07, 6.45) is 0. The van der Waals surface area contributed by atoms with Gasteiger partial charge < -0.3 is 0 Å². The minimum atomic E-state index is 0.293. The fourth-order valence-electron chi connectivity index (χ4n) is 2.33. The van der Waals surface area contributed by atoms with Crippen LogP contribution in [-0.2, 0) is 0 Å². The lowest BCUT2D eigenvalue weighted by atomic mass is 10.0. The first-order valence-corrected chi connectivity index (χ1v) is 7.86. The molecule has 0 radical (unpaired) electrons. The number of thioether (sulfide) groups is 1. The molecule has 18 heavy (non-hydrogen) atoms. The Balaban J connectivity index is 2.35. The molecule has 1 aliphatic rings. The van der Waals surface area contributed by atoms with Crippen molar-refractivity contribution in [2.24, 2.45) is 0 Å². The van der Waals surface area contributed by atoms with Crippen molar-refractivity contribution in [3.63, 3.8) is 0 Å². The number of rotatable bonds is 2. The van der Waals surface area contributed by atoms with Crippen molar-refractivity contribution in [2.75, 3.05) is 25.1 Å². The number of nitrogens with zero attached hydrogens (tertiary/aromatic N) is 3. The number of aromatic nitrogens is 2. The molecule has 0 spiro atoms. The van der Waals surface area contributed by atoms with E-state index in [1.165, 1.54) is 5.75 Å². The normalized spacial score (nSPS) is 21.6. The van der Waals surface area contributed by atoms with Gasteiger partial charge in [-0.15, -0.1) is 0 Å². The smallest absolute Gasteiger partial charge is 0.148 e. The van der Waals surface area contributed by atoms with Crippen LogP contribution in [0.3, 0.4) is 0 Å². The van der Waals surface area contributed by atoms with E-state index < -0.39 is 0 Å². The van der Waals surface area contributed by atoms with E-state index in [0.29, 0.717) is 17.1 Å². The predicted octanol–water partition coefficient (Wildman–Crippen LogP) is 3.28. The molecule has 0 N–H and O–H groups in total. The van der Waals surface area contributed by atoms with Crippen molar-refractivity contribution in [2.45, 2.75) is 32.7 Å². The highest BCUT2D eigenvalue weighted by Gasteiger charge is 2.25. The predicted molar refractivity (Wildman–Crippen MR) is 78.6 cm³/mol. The van der Waals surface area contributed by atoms with E-state index in [-0.39, 0.29) is 0 Å². The maximum atomic E-state index is 6.32. The second-order valence-electron chi connectivity index (χ2n) is 5.10. The molecule has 3 nitrogen and oxygen atoms in total.